The summed E-state index contributed by atoms with van der Waals surface area (Å²) < 4.78 is 5.47. The largest absolute Gasteiger partial charge is 0.481 e. The van der Waals surface area contributed by atoms with E-state index in [9.17, 15) is 9.59 Å². The zero-order chi connectivity index (χ0) is 21.2. The van der Waals surface area contributed by atoms with Gasteiger partial charge in [0, 0.05) is 29.6 Å². The Balaban J connectivity index is 1.60. The molecule has 0 aliphatic carbocycles. The molecule has 2 heterocycles. The third-order valence-corrected chi connectivity index (χ3v) is 5.26. The summed E-state index contributed by atoms with van der Waals surface area (Å²) in [6.07, 6.45) is 0.748. The van der Waals surface area contributed by atoms with Crippen LogP contribution < -0.4 is 5.32 Å². The summed E-state index contributed by atoms with van der Waals surface area (Å²) >= 11 is 5.91. The summed E-state index contributed by atoms with van der Waals surface area (Å²) in [6.45, 7) is 4.20. The van der Waals surface area contributed by atoms with Crippen molar-refractivity contribution < 1.29 is 19.2 Å². The van der Waals surface area contributed by atoms with E-state index >= 15 is 0 Å². The Morgan fingerprint density at radius 2 is 2.00 bits per heavy atom. The molecular weight excluding hydrogens is 396 g/mol. The number of rotatable bonds is 7. The standard InChI is InChI=1S/C20H25ClN4O4/c1-20(2,10-17(27)28)9-16(26)22-14-8-15(25(3)11-14)19-23-18(24-29-19)12-4-6-13(21)7-5-12/h4-7,14-15H,8-11H2,1-3H3,(H,22,26)(H,27,28)/t14-,15+/m1/s1. The SMILES string of the molecule is CN1C[C@H](NC(=O)CC(C)(C)CC(=O)O)C[C@H]1c1nc(-c2ccc(Cl)cc2)no1. The first kappa shape index (κ1) is 21.3. The number of benzene rings is 1. The highest BCUT2D eigenvalue weighted by Gasteiger charge is 2.36. The first-order chi connectivity index (χ1) is 13.6. The molecule has 8 nitrogen and oxygen atoms in total. The lowest BCUT2D eigenvalue weighted by Gasteiger charge is -2.22. The average molecular weight is 421 g/mol. The van der Waals surface area contributed by atoms with Gasteiger partial charge in [0.1, 0.15) is 0 Å². The van der Waals surface area contributed by atoms with Crippen molar-refractivity contribution in [2.45, 2.75) is 45.2 Å². The molecule has 2 N–H and O–H groups in total. The Kier molecular flexibility index (Phi) is 6.24. The van der Waals surface area contributed by atoms with Crippen molar-refractivity contribution in [2.75, 3.05) is 13.6 Å². The average Bonchev–Trinajstić information content (AvgIpc) is 3.20. The summed E-state index contributed by atoms with van der Waals surface area (Å²) in [4.78, 5) is 29.9. The van der Waals surface area contributed by atoms with Gasteiger partial charge in [0.15, 0.2) is 0 Å². The zero-order valence-corrected chi connectivity index (χ0v) is 17.4. The molecule has 2 atom stereocenters. The number of halogens is 1. The minimum Gasteiger partial charge on any atom is -0.481 e. The number of aromatic nitrogens is 2. The van der Waals surface area contributed by atoms with Crippen molar-refractivity contribution in [2.24, 2.45) is 5.41 Å². The minimum absolute atomic E-state index is 0.0525. The number of carboxylic acid groups (broad SMARTS) is 1. The Bertz CT molecular complexity index is 881. The van der Waals surface area contributed by atoms with Gasteiger partial charge in [0.2, 0.25) is 17.6 Å². The highest BCUT2D eigenvalue weighted by molar-refractivity contribution is 6.30. The second kappa shape index (κ2) is 8.51. The predicted octanol–water partition coefficient (Wildman–Crippen LogP) is 3.14. The van der Waals surface area contributed by atoms with Crippen molar-refractivity contribution >= 4 is 23.5 Å². The van der Waals surface area contributed by atoms with E-state index in [-0.39, 0.29) is 30.8 Å². The third kappa shape index (κ3) is 5.55. The lowest BCUT2D eigenvalue weighted by Crippen LogP contribution is -2.38. The van der Waals surface area contributed by atoms with Gasteiger partial charge in [-0.1, -0.05) is 30.6 Å². The number of likely N-dealkylation sites (tertiary alicyclic amines) is 1. The van der Waals surface area contributed by atoms with Crippen LogP contribution in [0.3, 0.4) is 0 Å². The molecule has 1 saturated heterocycles. The van der Waals surface area contributed by atoms with Gasteiger partial charge in [0.05, 0.1) is 12.5 Å². The van der Waals surface area contributed by atoms with Crippen molar-refractivity contribution in [3.63, 3.8) is 0 Å². The van der Waals surface area contributed by atoms with E-state index < -0.39 is 11.4 Å². The molecule has 2 aromatic rings. The quantitative estimate of drug-likeness (QED) is 0.708. The maximum absolute atomic E-state index is 12.4. The number of likely N-dealkylation sites (N-methyl/N-ethyl adjacent to an activating group) is 1. The van der Waals surface area contributed by atoms with Crippen LogP contribution in [-0.4, -0.2) is 51.7 Å². The fourth-order valence-electron chi connectivity index (χ4n) is 3.66. The van der Waals surface area contributed by atoms with Crippen LogP contribution in [0.2, 0.25) is 5.02 Å². The summed E-state index contributed by atoms with van der Waals surface area (Å²) in [7, 11) is 1.94. The van der Waals surface area contributed by atoms with Gasteiger partial charge in [0.25, 0.3) is 0 Å². The molecule has 1 aromatic carbocycles. The van der Waals surface area contributed by atoms with Crippen LogP contribution in [0, 0.1) is 5.41 Å². The number of carbonyl (C=O) groups is 2. The molecule has 1 fully saturated rings. The van der Waals surface area contributed by atoms with Gasteiger partial charge in [-0.05, 0) is 43.1 Å². The third-order valence-electron chi connectivity index (χ3n) is 5.01. The molecule has 1 amide bonds. The maximum Gasteiger partial charge on any atom is 0.303 e. The predicted molar refractivity (Wildman–Crippen MR) is 107 cm³/mol. The van der Waals surface area contributed by atoms with Gasteiger partial charge < -0.3 is 14.9 Å². The molecule has 0 bridgehead atoms. The van der Waals surface area contributed by atoms with Crippen LogP contribution in [0.4, 0.5) is 0 Å². The van der Waals surface area contributed by atoms with Gasteiger partial charge in [-0.25, -0.2) is 0 Å². The highest BCUT2D eigenvalue weighted by Crippen LogP contribution is 2.32. The first-order valence-electron chi connectivity index (χ1n) is 9.44. The number of amides is 1. The number of hydrogen-bond donors (Lipinski definition) is 2. The molecule has 9 heteroatoms. The Hall–Kier alpha value is -2.45. The molecule has 0 radical (unpaired) electrons. The molecule has 0 saturated carbocycles. The van der Waals surface area contributed by atoms with Crippen LogP contribution >= 0.6 is 11.6 Å². The smallest absolute Gasteiger partial charge is 0.303 e. The highest BCUT2D eigenvalue weighted by atomic mass is 35.5. The molecule has 29 heavy (non-hydrogen) atoms. The number of nitrogens with zero attached hydrogens (tertiary/aromatic N) is 3. The number of carbonyl (C=O) groups excluding carboxylic acids is 1. The topological polar surface area (TPSA) is 109 Å². The monoisotopic (exact) mass is 420 g/mol. The molecular formula is C20H25ClN4O4. The van der Waals surface area contributed by atoms with Crippen molar-refractivity contribution in [1.29, 1.82) is 0 Å². The summed E-state index contributed by atoms with van der Waals surface area (Å²) in [5, 5.41) is 16.7. The first-order valence-corrected chi connectivity index (χ1v) is 9.82. The molecule has 1 aliphatic rings. The normalized spacial score (nSPS) is 20.0. The van der Waals surface area contributed by atoms with Crippen LogP contribution in [0.5, 0.6) is 0 Å². The number of nitrogens with one attached hydrogen (secondary N) is 1. The molecule has 156 valence electrons. The van der Waals surface area contributed by atoms with E-state index in [1.807, 2.05) is 19.2 Å². The summed E-state index contributed by atoms with van der Waals surface area (Å²) in [5.74, 6) is -0.0626. The van der Waals surface area contributed by atoms with E-state index in [0.717, 1.165) is 5.56 Å². The fourth-order valence-corrected chi connectivity index (χ4v) is 3.79. The van der Waals surface area contributed by atoms with Crippen molar-refractivity contribution in [1.82, 2.24) is 20.4 Å². The lowest BCUT2D eigenvalue weighted by atomic mass is 9.85. The number of aliphatic carboxylic acids is 1. The second-order valence-corrected chi connectivity index (χ2v) is 8.77. The van der Waals surface area contributed by atoms with Gasteiger partial charge in [-0.15, -0.1) is 0 Å². The van der Waals surface area contributed by atoms with Gasteiger partial charge in [-0.2, -0.15) is 4.98 Å². The lowest BCUT2D eigenvalue weighted by molar-refractivity contribution is -0.139. The fraction of sp³-hybridized carbons (Fsp3) is 0.500. The van der Waals surface area contributed by atoms with Crippen molar-refractivity contribution in [3.05, 3.63) is 35.2 Å². The van der Waals surface area contributed by atoms with Crippen molar-refractivity contribution in [3.8, 4) is 11.4 Å². The summed E-state index contributed by atoms with van der Waals surface area (Å²) in [5.41, 5.74) is 0.218. The Labute approximate surface area is 174 Å². The molecule has 1 aromatic heterocycles. The summed E-state index contributed by atoms with van der Waals surface area (Å²) in [6, 6.07) is 7.04. The molecule has 0 unspecified atom stereocenters. The molecule has 1 aliphatic heterocycles. The maximum atomic E-state index is 12.4. The van der Waals surface area contributed by atoms with E-state index in [4.69, 9.17) is 21.2 Å². The van der Waals surface area contributed by atoms with E-state index in [2.05, 4.69) is 20.4 Å². The van der Waals surface area contributed by atoms with E-state index in [1.54, 1.807) is 26.0 Å². The van der Waals surface area contributed by atoms with E-state index in [1.165, 1.54) is 0 Å². The second-order valence-electron chi connectivity index (χ2n) is 8.33. The van der Waals surface area contributed by atoms with Gasteiger partial charge in [-0.3, -0.25) is 14.5 Å². The zero-order valence-electron chi connectivity index (χ0n) is 16.7. The Morgan fingerprint density at radius 3 is 2.66 bits per heavy atom. The number of carboxylic acids is 1. The van der Waals surface area contributed by atoms with E-state index in [0.29, 0.717) is 29.7 Å². The Morgan fingerprint density at radius 1 is 1.31 bits per heavy atom. The minimum atomic E-state index is -0.906. The van der Waals surface area contributed by atoms with Crippen LogP contribution in [0.1, 0.15) is 45.0 Å². The number of hydrogen-bond acceptors (Lipinski definition) is 6. The van der Waals surface area contributed by atoms with Crippen LogP contribution in [0.25, 0.3) is 11.4 Å². The van der Waals surface area contributed by atoms with Crippen LogP contribution in [-0.2, 0) is 9.59 Å². The molecule has 3 rings (SSSR count). The molecule has 0 spiro atoms. The van der Waals surface area contributed by atoms with Crippen LogP contribution in [0.15, 0.2) is 28.8 Å². The van der Waals surface area contributed by atoms with Gasteiger partial charge >= 0.3 is 5.97 Å².